The lowest BCUT2D eigenvalue weighted by molar-refractivity contribution is 0.0950. The zero-order valence-corrected chi connectivity index (χ0v) is 16.2. The first-order valence-corrected chi connectivity index (χ1v) is 11.0. The van der Waals surface area contributed by atoms with Gasteiger partial charge < -0.3 is 5.32 Å². The van der Waals surface area contributed by atoms with E-state index in [1.165, 1.54) is 12.1 Å². The van der Waals surface area contributed by atoms with Gasteiger partial charge in [0, 0.05) is 18.2 Å². The van der Waals surface area contributed by atoms with Gasteiger partial charge in [-0.2, -0.15) is 0 Å². The summed E-state index contributed by atoms with van der Waals surface area (Å²) in [5.41, 5.74) is 1.33. The minimum atomic E-state index is -3.63. The Morgan fingerprint density at radius 3 is 2.33 bits per heavy atom. The van der Waals surface area contributed by atoms with Gasteiger partial charge in [-0.05, 0) is 36.6 Å². The summed E-state index contributed by atoms with van der Waals surface area (Å²) in [4.78, 5) is 12.5. The quantitative estimate of drug-likeness (QED) is 0.745. The van der Waals surface area contributed by atoms with Crippen molar-refractivity contribution in [3.8, 4) is 0 Å². The Morgan fingerprint density at radius 2 is 1.63 bits per heavy atom. The van der Waals surface area contributed by atoms with Crippen LogP contribution >= 0.6 is 0 Å². The molecule has 27 heavy (non-hydrogen) atoms. The third-order valence-corrected chi connectivity index (χ3v) is 6.40. The van der Waals surface area contributed by atoms with Crippen LogP contribution in [0.5, 0.6) is 0 Å². The van der Waals surface area contributed by atoms with Gasteiger partial charge in [0.1, 0.15) is 0 Å². The number of benzene rings is 2. The highest BCUT2D eigenvalue weighted by atomic mass is 32.2. The summed E-state index contributed by atoms with van der Waals surface area (Å²) in [6.07, 6.45) is 6.17. The maximum absolute atomic E-state index is 12.7. The molecule has 5 nitrogen and oxygen atoms in total. The smallest absolute Gasteiger partial charge is 0.251 e. The zero-order valence-electron chi connectivity index (χ0n) is 15.4. The van der Waals surface area contributed by atoms with E-state index in [9.17, 15) is 13.2 Å². The van der Waals surface area contributed by atoms with E-state index in [-0.39, 0.29) is 16.8 Å². The van der Waals surface area contributed by atoms with Crippen molar-refractivity contribution in [2.45, 2.75) is 56.0 Å². The molecule has 0 unspecified atom stereocenters. The fourth-order valence-corrected chi connectivity index (χ4v) is 4.72. The van der Waals surface area contributed by atoms with Crippen molar-refractivity contribution in [3.63, 3.8) is 0 Å². The number of nitrogens with one attached hydrogen (secondary N) is 2. The first-order valence-electron chi connectivity index (χ1n) is 9.49. The molecule has 0 aromatic heterocycles. The van der Waals surface area contributed by atoms with E-state index in [0.717, 1.165) is 44.1 Å². The molecule has 1 aliphatic rings. The van der Waals surface area contributed by atoms with E-state index in [2.05, 4.69) is 10.0 Å². The van der Waals surface area contributed by atoms with E-state index >= 15 is 0 Å². The Kier molecular flexibility index (Phi) is 6.63. The number of carbonyl (C=O) groups excluding carboxylic acids is 1. The molecule has 0 heterocycles. The lowest BCUT2D eigenvalue weighted by Crippen LogP contribution is -2.34. The van der Waals surface area contributed by atoms with Crippen LogP contribution in [0, 0.1) is 0 Å². The second kappa shape index (κ2) is 9.15. The number of rotatable bonds is 6. The molecule has 144 valence electrons. The molecule has 0 saturated heterocycles. The highest BCUT2D eigenvalue weighted by Crippen LogP contribution is 2.20. The molecule has 3 rings (SSSR count). The lowest BCUT2D eigenvalue weighted by Gasteiger charge is -2.16. The van der Waals surface area contributed by atoms with Crippen LogP contribution in [0.4, 0.5) is 0 Å². The van der Waals surface area contributed by atoms with Crippen molar-refractivity contribution in [2.75, 3.05) is 0 Å². The Morgan fingerprint density at radius 1 is 0.926 bits per heavy atom. The van der Waals surface area contributed by atoms with Gasteiger partial charge in [-0.15, -0.1) is 0 Å². The van der Waals surface area contributed by atoms with Crippen LogP contribution in [0.3, 0.4) is 0 Å². The van der Waals surface area contributed by atoms with Crippen molar-refractivity contribution >= 4 is 15.9 Å². The Bertz CT molecular complexity index is 858. The third kappa shape index (κ3) is 5.65. The van der Waals surface area contributed by atoms with Gasteiger partial charge in [0.25, 0.3) is 5.91 Å². The minimum Gasteiger partial charge on any atom is -0.348 e. The largest absolute Gasteiger partial charge is 0.348 e. The molecule has 0 bridgehead atoms. The molecule has 1 fully saturated rings. The fraction of sp³-hybridized carbons (Fsp3) is 0.381. The van der Waals surface area contributed by atoms with E-state index in [1.54, 1.807) is 12.1 Å². The van der Waals surface area contributed by atoms with Gasteiger partial charge in [0.05, 0.1) is 4.90 Å². The van der Waals surface area contributed by atoms with Crippen molar-refractivity contribution in [2.24, 2.45) is 0 Å². The minimum absolute atomic E-state index is 0.0203. The molecular formula is C21H26N2O3S. The summed E-state index contributed by atoms with van der Waals surface area (Å²) in [7, 11) is -3.63. The lowest BCUT2D eigenvalue weighted by atomic mass is 10.1. The van der Waals surface area contributed by atoms with Crippen LogP contribution in [0.1, 0.15) is 54.4 Å². The number of amides is 1. The Hall–Kier alpha value is -2.18. The molecule has 1 saturated carbocycles. The molecule has 6 heteroatoms. The van der Waals surface area contributed by atoms with E-state index in [1.807, 2.05) is 30.3 Å². The molecule has 0 spiro atoms. The van der Waals surface area contributed by atoms with Crippen molar-refractivity contribution in [3.05, 3.63) is 65.7 Å². The molecule has 2 aromatic carbocycles. The van der Waals surface area contributed by atoms with Gasteiger partial charge >= 0.3 is 0 Å². The van der Waals surface area contributed by atoms with Gasteiger partial charge in [-0.3, -0.25) is 4.79 Å². The number of hydrogen-bond donors (Lipinski definition) is 2. The molecule has 2 N–H and O–H groups in total. The molecule has 1 amide bonds. The van der Waals surface area contributed by atoms with Crippen molar-refractivity contribution < 1.29 is 13.2 Å². The highest BCUT2D eigenvalue weighted by Gasteiger charge is 2.22. The van der Waals surface area contributed by atoms with Crippen molar-refractivity contribution in [1.82, 2.24) is 10.0 Å². The fourth-order valence-electron chi connectivity index (χ4n) is 3.37. The van der Waals surface area contributed by atoms with Gasteiger partial charge in [0.15, 0.2) is 0 Å². The van der Waals surface area contributed by atoms with E-state index < -0.39 is 10.0 Å². The summed E-state index contributed by atoms with van der Waals surface area (Å²) in [6.45, 7) is 0.400. The van der Waals surface area contributed by atoms with Gasteiger partial charge in [0.2, 0.25) is 10.0 Å². The maximum atomic E-state index is 12.7. The SMILES string of the molecule is O=C(NCc1ccccc1)c1cccc(S(=O)(=O)NC2CCCCCC2)c1. The molecule has 0 aliphatic heterocycles. The second-order valence-corrected chi connectivity index (χ2v) is 8.72. The maximum Gasteiger partial charge on any atom is 0.251 e. The first kappa shape index (κ1) is 19.6. The summed E-state index contributed by atoms with van der Waals surface area (Å²) in [5, 5.41) is 2.83. The normalized spacial score (nSPS) is 15.9. The number of hydrogen-bond acceptors (Lipinski definition) is 3. The summed E-state index contributed by atoms with van der Waals surface area (Å²) in [6, 6.07) is 15.8. The molecule has 0 atom stereocenters. The van der Waals surface area contributed by atoms with E-state index in [0.29, 0.717) is 12.1 Å². The van der Waals surface area contributed by atoms with Crippen LogP contribution in [0.25, 0.3) is 0 Å². The number of carbonyl (C=O) groups is 1. The average Bonchev–Trinajstić information content (AvgIpc) is 2.95. The van der Waals surface area contributed by atoms with Crippen molar-refractivity contribution in [1.29, 1.82) is 0 Å². The molecule has 1 aliphatic carbocycles. The predicted molar refractivity (Wildman–Crippen MR) is 106 cm³/mol. The third-order valence-electron chi connectivity index (χ3n) is 4.88. The van der Waals surface area contributed by atoms with E-state index in [4.69, 9.17) is 0 Å². The van der Waals surface area contributed by atoms with Crippen LogP contribution in [0.15, 0.2) is 59.5 Å². The predicted octanol–water partition coefficient (Wildman–Crippen LogP) is 3.62. The second-order valence-electron chi connectivity index (χ2n) is 7.01. The van der Waals surface area contributed by atoms with Crippen LogP contribution in [0.2, 0.25) is 0 Å². The Balaban J connectivity index is 1.67. The van der Waals surface area contributed by atoms with Gasteiger partial charge in [-0.25, -0.2) is 13.1 Å². The Labute approximate surface area is 161 Å². The van der Waals surface area contributed by atoms with Crippen LogP contribution in [-0.4, -0.2) is 20.4 Å². The number of sulfonamides is 1. The van der Waals surface area contributed by atoms with Crippen LogP contribution in [-0.2, 0) is 16.6 Å². The summed E-state index contributed by atoms with van der Waals surface area (Å²) >= 11 is 0. The molecule has 2 aromatic rings. The summed E-state index contributed by atoms with van der Waals surface area (Å²) in [5.74, 6) is -0.287. The monoisotopic (exact) mass is 386 g/mol. The highest BCUT2D eigenvalue weighted by molar-refractivity contribution is 7.89. The summed E-state index contributed by atoms with van der Waals surface area (Å²) < 4.78 is 28.3. The first-order chi connectivity index (χ1) is 13.0. The molecule has 0 radical (unpaired) electrons. The zero-order chi connectivity index (χ0) is 19.1. The average molecular weight is 387 g/mol. The van der Waals surface area contributed by atoms with Crippen LogP contribution < -0.4 is 10.0 Å². The van der Waals surface area contributed by atoms with Gasteiger partial charge in [-0.1, -0.05) is 62.1 Å². The topological polar surface area (TPSA) is 75.3 Å². The molecular weight excluding hydrogens is 360 g/mol. The standard InChI is InChI=1S/C21H26N2O3S/c24-21(22-16-17-9-4-3-5-10-17)18-11-8-14-20(15-18)27(25,26)23-19-12-6-1-2-7-13-19/h3-5,8-11,14-15,19,23H,1-2,6-7,12-13,16H2,(H,22,24).